The molecule has 3 aromatic heterocycles. The Kier molecular flexibility index (Phi) is 3.74. The standard InChI is InChI=1S/C20H18N8O/c21-11-20(4-5-20)19(29)23-7-8-28-10-14-17(27-28)13-2-1-12(15-3-6-24-26-15)9-16(13)25-18(14)22/h1-3,6,9-10H,4-5,7-8H2,(H2,22,25)(H,23,29)(H,24,26). The van der Waals surface area contributed by atoms with E-state index < -0.39 is 5.41 Å². The Morgan fingerprint density at radius 1 is 1.34 bits per heavy atom. The van der Waals surface area contributed by atoms with Gasteiger partial charge >= 0.3 is 0 Å². The van der Waals surface area contributed by atoms with E-state index >= 15 is 0 Å². The maximum atomic E-state index is 12.1. The van der Waals surface area contributed by atoms with Crippen molar-refractivity contribution in [3.05, 3.63) is 36.7 Å². The number of benzene rings is 1. The number of fused-ring (bicyclic) bond motifs is 3. The number of H-pyrrole nitrogens is 1. The van der Waals surface area contributed by atoms with Crippen LogP contribution in [0.5, 0.6) is 0 Å². The van der Waals surface area contributed by atoms with Crippen LogP contribution in [0.15, 0.2) is 36.7 Å². The molecule has 0 aliphatic heterocycles. The fraction of sp³-hybridized carbons (Fsp3) is 0.250. The number of hydrogen-bond donors (Lipinski definition) is 3. The minimum absolute atomic E-state index is 0.200. The number of carbonyl (C=O) groups is 1. The van der Waals surface area contributed by atoms with E-state index in [-0.39, 0.29) is 5.91 Å². The summed E-state index contributed by atoms with van der Waals surface area (Å²) in [6, 6.07) is 9.88. The van der Waals surface area contributed by atoms with E-state index in [0.29, 0.717) is 31.7 Å². The zero-order chi connectivity index (χ0) is 20.0. The van der Waals surface area contributed by atoms with E-state index in [1.54, 1.807) is 10.9 Å². The number of nitriles is 1. The van der Waals surface area contributed by atoms with Gasteiger partial charge in [0.2, 0.25) is 5.91 Å². The predicted octanol–water partition coefficient (Wildman–Crippen LogP) is 1.98. The van der Waals surface area contributed by atoms with Crippen LogP contribution in [0.3, 0.4) is 0 Å². The number of amides is 1. The number of anilines is 1. The largest absolute Gasteiger partial charge is 0.383 e. The van der Waals surface area contributed by atoms with Gasteiger partial charge in [-0.15, -0.1) is 0 Å². The van der Waals surface area contributed by atoms with Crippen molar-refractivity contribution in [1.29, 1.82) is 5.26 Å². The molecule has 1 aliphatic rings. The summed E-state index contributed by atoms with van der Waals surface area (Å²) >= 11 is 0. The Labute approximate surface area is 165 Å². The van der Waals surface area contributed by atoms with E-state index in [9.17, 15) is 4.79 Å². The van der Waals surface area contributed by atoms with Gasteiger partial charge in [0.25, 0.3) is 0 Å². The van der Waals surface area contributed by atoms with Crippen molar-refractivity contribution in [2.75, 3.05) is 12.3 Å². The third-order valence-corrected chi connectivity index (χ3v) is 5.35. The molecule has 0 bridgehead atoms. The van der Waals surface area contributed by atoms with Crippen LogP contribution in [0.2, 0.25) is 0 Å². The highest BCUT2D eigenvalue weighted by molar-refractivity contribution is 6.08. The number of rotatable bonds is 5. The van der Waals surface area contributed by atoms with Gasteiger partial charge in [0.1, 0.15) is 16.7 Å². The summed E-state index contributed by atoms with van der Waals surface area (Å²) < 4.78 is 1.75. The first-order valence-corrected chi connectivity index (χ1v) is 9.36. The van der Waals surface area contributed by atoms with Crippen LogP contribution >= 0.6 is 0 Å². The summed E-state index contributed by atoms with van der Waals surface area (Å²) in [6.45, 7) is 0.874. The van der Waals surface area contributed by atoms with E-state index in [0.717, 1.165) is 33.1 Å². The molecule has 1 fully saturated rings. The molecule has 9 nitrogen and oxygen atoms in total. The average Bonchev–Trinajstić information content (AvgIpc) is 3.13. The quantitative estimate of drug-likeness (QED) is 0.479. The fourth-order valence-corrected chi connectivity index (χ4v) is 3.48. The molecule has 5 rings (SSSR count). The van der Waals surface area contributed by atoms with Crippen molar-refractivity contribution < 1.29 is 4.79 Å². The van der Waals surface area contributed by atoms with E-state index in [2.05, 4.69) is 31.7 Å². The van der Waals surface area contributed by atoms with E-state index in [1.165, 1.54) is 0 Å². The molecule has 1 aromatic carbocycles. The van der Waals surface area contributed by atoms with Crippen molar-refractivity contribution in [2.45, 2.75) is 19.4 Å². The zero-order valence-electron chi connectivity index (χ0n) is 15.5. The molecule has 0 atom stereocenters. The highest BCUT2D eigenvalue weighted by Gasteiger charge is 2.50. The Morgan fingerprint density at radius 2 is 2.21 bits per heavy atom. The molecule has 0 unspecified atom stereocenters. The number of hydrogen-bond acceptors (Lipinski definition) is 6. The number of aromatic amines is 1. The third-order valence-electron chi connectivity index (χ3n) is 5.35. The molecule has 1 amide bonds. The second-order valence-electron chi connectivity index (χ2n) is 7.29. The minimum atomic E-state index is -0.814. The molecular formula is C20H18N8O. The molecule has 4 N–H and O–H groups in total. The molecule has 29 heavy (non-hydrogen) atoms. The first-order valence-electron chi connectivity index (χ1n) is 9.36. The number of nitrogen functional groups attached to an aromatic ring is 1. The summed E-state index contributed by atoms with van der Waals surface area (Å²) in [4.78, 5) is 16.6. The lowest BCUT2D eigenvalue weighted by Gasteiger charge is -2.07. The number of nitrogens with one attached hydrogen (secondary N) is 2. The van der Waals surface area contributed by atoms with Crippen LogP contribution < -0.4 is 11.1 Å². The number of nitrogens with two attached hydrogens (primary N) is 1. The molecule has 1 saturated carbocycles. The fourth-order valence-electron chi connectivity index (χ4n) is 3.48. The molecular weight excluding hydrogens is 368 g/mol. The van der Waals surface area contributed by atoms with Gasteiger partial charge in [0.15, 0.2) is 0 Å². The average molecular weight is 386 g/mol. The SMILES string of the molecule is N#CC1(C(=O)NCCn2cc3c(N)nc4cc(-c5cc[nH]n5)ccc4c3n2)CC1. The Bertz CT molecular complexity index is 1280. The molecule has 0 radical (unpaired) electrons. The smallest absolute Gasteiger partial charge is 0.240 e. The molecule has 1 aliphatic carbocycles. The lowest BCUT2D eigenvalue weighted by atomic mass is 10.1. The normalized spacial score (nSPS) is 14.7. The van der Waals surface area contributed by atoms with Crippen LogP contribution in [0, 0.1) is 16.7 Å². The molecule has 3 heterocycles. The number of aromatic nitrogens is 5. The second kappa shape index (κ2) is 6.31. The molecule has 9 heteroatoms. The van der Waals surface area contributed by atoms with Crippen LogP contribution in [0.4, 0.5) is 5.82 Å². The minimum Gasteiger partial charge on any atom is -0.383 e. The summed E-state index contributed by atoms with van der Waals surface area (Å²) in [5.74, 6) is 0.206. The summed E-state index contributed by atoms with van der Waals surface area (Å²) in [5, 5.41) is 25.2. The van der Waals surface area contributed by atoms with Crippen molar-refractivity contribution in [1.82, 2.24) is 30.3 Å². The van der Waals surface area contributed by atoms with Crippen LogP contribution in [0.25, 0.3) is 33.1 Å². The van der Waals surface area contributed by atoms with Gasteiger partial charge in [-0.25, -0.2) is 4.98 Å². The van der Waals surface area contributed by atoms with Crippen molar-refractivity contribution in [3.8, 4) is 17.3 Å². The third kappa shape index (κ3) is 2.86. The first-order chi connectivity index (χ1) is 14.1. The highest BCUT2D eigenvalue weighted by Crippen LogP contribution is 2.44. The lowest BCUT2D eigenvalue weighted by molar-refractivity contribution is -0.124. The van der Waals surface area contributed by atoms with Gasteiger partial charge in [0, 0.05) is 29.9 Å². The van der Waals surface area contributed by atoms with Gasteiger partial charge < -0.3 is 11.1 Å². The summed E-state index contributed by atoms with van der Waals surface area (Å²) in [6.07, 6.45) is 4.87. The molecule has 144 valence electrons. The molecule has 0 saturated heterocycles. The van der Waals surface area contributed by atoms with Gasteiger partial charge in [0.05, 0.1) is 29.2 Å². The van der Waals surface area contributed by atoms with E-state index in [4.69, 9.17) is 11.0 Å². The van der Waals surface area contributed by atoms with E-state index in [1.807, 2.05) is 30.5 Å². The number of nitrogens with zero attached hydrogens (tertiary/aromatic N) is 5. The second-order valence-corrected chi connectivity index (χ2v) is 7.29. The molecule has 0 spiro atoms. The zero-order valence-corrected chi connectivity index (χ0v) is 15.5. The summed E-state index contributed by atoms with van der Waals surface area (Å²) in [7, 11) is 0. The Morgan fingerprint density at radius 3 is 2.93 bits per heavy atom. The maximum Gasteiger partial charge on any atom is 0.240 e. The van der Waals surface area contributed by atoms with Gasteiger partial charge in [-0.1, -0.05) is 6.07 Å². The van der Waals surface area contributed by atoms with Gasteiger partial charge in [-0.3, -0.25) is 14.6 Å². The van der Waals surface area contributed by atoms with Crippen molar-refractivity contribution in [3.63, 3.8) is 0 Å². The van der Waals surface area contributed by atoms with Crippen LogP contribution in [0.1, 0.15) is 12.8 Å². The lowest BCUT2D eigenvalue weighted by Crippen LogP contribution is -2.33. The highest BCUT2D eigenvalue weighted by atomic mass is 16.2. The van der Waals surface area contributed by atoms with Crippen molar-refractivity contribution >= 4 is 33.5 Å². The first kappa shape index (κ1) is 17.2. The predicted molar refractivity (Wildman–Crippen MR) is 107 cm³/mol. The van der Waals surface area contributed by atoms with Gasteiger partial charge in [-0.05, 0) is 31.0 Å². The van der Waals surface area contributed by atoms with Crippen LogP contribution in [-0.4, -0.2) is 37.4 Å². The summed E-state index contributed by atoms with van der Waals surface area (Å²) in [5.41, 5.74) is 8.65. The number of carbonyl (C=O) groups excluding carboxylic acids is 1. The van der Waals surface area contributed by atoms with Crippen molar-refractivity contribution in [2.24, 2.45) is 5.41 Å². The van der Waals surface area contributed by atoms with Gasteiger partial charge in [-0.2, -0.15) is 15.5 Å². The number of pyridine rings is 1. The Balaban J connectivity index is 1.42. The monoisotopic (exact) mass is 386 g/mol. The topological polar surface area (TPSA) is 138 Å². The molecule has 4 aromatic rings. The van der Waals surface area contributed by atoms with Crippen LogP contribution in [-0.2, 0) is 11.3 Å². The Hall–Kier alpha value is -3.93. The maximum absolute atomic E-state index is 12.1.